The number of aromatic nitrogens is 3. The highest BCUT2D eigenvalue weighted by molar-refractivity contribution is 5.87. The van der Waals surface area contributed by atoms with Crippen LogP contribution in [0.5, 0.6) is 0 Å². The normalized spacial score (nSPS) is 17.3. The zero-order chi connectivity index (χ0) is 25.4. The molecule has 1 saturated carbocycles. The summed E-state index contributed by atoms with van der Waals surface area (Å²) in [5, 5.41) is 18.5. The standard InChI is InChI=1S/C28H28N6O2/c1-28(2,3)36-27(35)31-20-14-21(15-20)34-26(30)22(16-29)25(33-34)19-10-9-18-11-12-23(32-24(18)13-19)17-7-5-4-6-8-17/h4-13,20-21H,14-15,30H2,1-3H3,(H,31,35). The maximum Gasteiger partial charge on any atom is 0.407 e. The minimum Gasteiger partial charge on any atom is -0.444 e. The number of hydrogen-bond acceptors (Lipinski definition) is 6. The van der Waals surface area contributed by atoms with Crippen molar-refractivity contribution in [3.8, 4) is 28.6 Å². The van der Waals surface area contributed by atoms with Gasteiger partial charge in [-0.1, -0.05) is 48.5 Å². The van der Waals surface area contributed by atoms with E-state index in [2.05, 4.69) is 11.4 Å². The number of amides is 1. The summed E-state index contributed by atoms with van der Waals surface area (Å²) in [6.45, 7) is 5.49. The SMILES string of the molecule is CC(C)(C)OC(=O)NC1CC(n2nc(-c3ccc4ccc(-c5ccccc5)nc4c3)c(C#N)c2N)C1. The van der Waals surface area contributed by atoms with Gasteiger partial charge in [0.1, 0.15) is 28.7 Å². The lowest BCUT2D eigenvalue weighted by Gasteiger charge is -2.36. The Balaban J connectivity index is 1.39. The van der Waals surface area contributed by atoms with Gasteiger partial charge in [-0.2, -0.15) is 10.4 Å². The third-order valence-corrected chi connectivity index (χ3v) is 6.27. The van der Waals surface area contributed by atoms with E-state index in [4.69, 9.17) is 20.6 Å². The zero-order valence-electron chi connectivity index (χ0n) is 20.5. The largest absolute Gasteiger partial charge is 0.444 e. The van der Waals surface area contributed by atoms with E-state index in [-0.39, 0.29) is 12.1 Å². The van der Waals surface area contributed by atoms with Crippen molar-refractivity contribution >= 4 is 22.8 Å². The number of carbonyl (C=O) groups is 1. The molecule has 0 saturated heterocycles. The number of nitrogens with two attached hydrogens (primary N) is 1. The van der Waals surface area contributed by atoms with Crippen molar-refractivity contribution < 1.29 is 9.53 Å². The first kappa shape index (κ1) is 23.4. The Hall–Kier alpha value is -4.38. The molecule has 0 atom stereocenters. The van der Waals surface area contributed by atoms with Crippen molar-refractivity contribution in [2.75, 3.05) is 5.73 Å². The average Bonchev–Trinajstić information content (AvgIpc) is 3.15. The molecular formula is C28H28N6O2. The predicted molar refractivity (Wildman–Crippen MR) is 139 cm³/mol. The van der Waals surface area contributed by atoms with Gasteiger partial charge in [-0.05, 0) is 45.7 Å². The van der Waals surface area contributed by atoms with Gasteiger partial charge >= 0.3 is 6.09 Å². The molecule has 2 heterocycles. The summed E-state index contributed by atoms with van der Waals surface area (Å²) in [4.78, 5) is 16.9. The molecule has 1 aliphatic carbocycles. The molecule has 0 unspecified atom stereocenters. The highest BCUT2D eigenvalue weighted by atomic mass is 16.6. The first-order chi connectivity index (χ1) is 17.2. The maximum atomic E-state index is 12.1. The zero-order valence-corrected chi connectivity index (χ0v) is 20.5. The number of nitrogen functional groups attached to an aromatic ring is 1. The lowest BCUT2D eigenvalue weighted by Crippen LogP contribution is -2.47. The van der Waals surface area contributed by atoms with Gasteiger partial charge in [-0.3, -0.25) is 0 Å². The van der Waals surface area contributed by atoms with Gasteiger partial charge in [-0.15, -0.1) is 0 Å². The van der Waals surface area contributed by atoms with E-state index in [9.17, 15) is 10.1 Å². The van der Waals surface area contributed by atoms with Gasteiger partial charge < -0.3 is 15.8 Å². The molecule has 36 heavy (non-hydrogen) atoms. The summed E-state index contributed by atoms with van der Waals surface area (Å²) in [6, 6.07) is 22.1. The van der Waals surface area contributed by atoms with E-state index < -0.39 is 11.7 Å². The number of benzene rings is 2. The topological polar surface area (TPSA) is 119 Å². The van der Waals surface area contributed by atoms with Crippen molar-refractivity contribution in [3.63, 3.8) is 0 Å². The molecule has 3 N–H and O–H groups in total. The number of ether oxygens (including phenoxy) is 1. The Kier molecular flexibility index (Phi) is 5.84. The molecule has 8 nitrogen and oxygen atoms in total. The molecule has 8 heteroatoms. The van der Waals surface area contributed by atoms with Crippen LogP contribution in [0.15, 0.2) is 60.7 Å². The molecule has 1 fully saturated rings. The van der Waals surface area contributed by atoms with Crippen molar-refractivity contribution in [2.45, 2.75) is 51.3 Å². The molecule has 4 aromatic rings. The van der Waals surface area contributed by atoms with Crippen LogP contribution < -0.4 is 11.1 Å². The molecule has 182 valence electrons. The number of rotatable bonds is 4. The lowest BCUT2D eigenvalue weighted by molar-refractivity contribution is 0.0453. The predicted octanol–water partition coefficient (Wildman–Crippen LogP) is 5.45. The number of hydrogen-bond donors (Lipinski definition) is 2. The molecule has 1 aliphatic rings. The Morgan fingerprint density at radius 1 is 1.11 bits per heavy atom. The number of carbonyl (C=O) groups excluding carboxylic acids is 1. The molecule has 0 aliphatic heterocycles. The number of nitrogens with zero attached hydrogens (tertiary/aromatic N) is 4. The Bertz CT molecular complexity index is 1470. The molecule has 0 bridgehead atoms. The van der Waals surface area contributed by atoms with Gasteiger partial charge in [0, 0.05) is 22.6 Å². The van der Waals surface area contributed by atoms with E-state index in [0.29, 0.717) is 29.9 Å². The van der Waals surface area contributed by atoms with Crippen LogP contribution in [0.4, 0.5) is 10.6 Å². The molecule has 0 radical (unpaired) electrons. The van der Waals surface area contributed by atoms with Crippen LogP contribution in [0, 0.1) is 11.3 Å². The Labute approximate surface area is 209 Å². The fourth-order valence-electron chi connectivity index (χ4n) is 4.45. The smallest absolute Gasteiger partial charge is 0.407 e. The highest BCUT2D eigenvalue weighted by Gasteiger charge is 2.35. The van der Waals surface area contributed by atoms with Crippen LogP contribution in [-0.4, -0.2) is 32.5 Å². The maximum absolute atomic E-state index is 12.1. The summed E-state index contributed by atoms with van der Waals surface area (Å²) in [5.41, 5.74) is 10.2. The Morgan fingerprint density at radius 3 is 2.53 bits per heavy atom. The quantitative estimate of drug-likeness (QED) is 0.401. The van der Waals surface area contributed by atoms with Gasteiger partial charge in [0.05, 0.1) is 17.3 Å². The van der Waals surface area contributed by atoms with E-state index in [1.165, 1.54) is 0 Å². The second-order valence-corrected chi connectivity index (χ2v) is 10.1. The summed E-state index contributed by atoms with van der Waals surface area (Å²) < 4.78 is 7.04. The minimum absolute atomic E-state index is 0.00551. The molecule has 1 amide bonds. The minimum atomic E-state index is -0.549. The van der Waals surface area contributed by atoms with Gasteiger partial charge in [0.15, 0.2) is 0 Å². The molecule has 2 aromatic carbocycles. The number of nitrogens with one attached hydrogen (secondary N) is 1. The van der Waals surface area contributed by atoms with Crippen LogP contribution >= 0.6 is 0 Å². The fraction of sp³-hybridized carbons (Fsp3) is 0.286. The number of nitriles is 1. The van der Waals surface area contributed by atoms with Gasteiger partial charge in [-0.25, -0.2) is 14.5 Å². The first-order valence-electron chi connectivity index (χ1n) is 12.0. The summed E-state index contributed by atoms with van der Waals surface area (Å²) in [7, 11) is 0. The monoisotopic (exact) mass is 480 g/mol. The number of fused-ring (bicyclic) bond motifs is 1. The number of anilines is 1. The van der Waals surface area contributed by atoms with Crippen LogP contribution in [0.25, 0.3) is 33.4 Å². The molecule has 0 spiro atoms. The lowest BCUT2D eigenvalue weighted by atomic mass is 9.87. The number of alkyl carbamates (subject to hydrolysis) is 1. The van der Waals surface area contributed by atoms with E-state index >= 15 is 0 Å². The molecular weight excluding hydrogens is 452 g/mol. The molecule has 5 rings (SSSR count). The van der Waals surface area contributed by atoms with Crippen molar-refractivity contribution in [2.24, 2.45) is 0 Å². The van der Waals surface area contributed by atoms with Crippen molar-refractivity contribution in [1.29, 1.82) is 5.26 Å². The average molecular weight is 481 g/mol. The molecule has 2 aromatic heterocycles. The first-order valence-corrected chi connectivity index (χ1v) is 12.0. The van der Waals surface area contributed by atoms with E-state index in [0.717, 1.165) is 27.7 Å². The highest BCUT2D eigenvalue weighted by Crippen LogP contribution is 2.38. The van der Waals surface area contributed by atoms with E-state index in [1.807, 2.05) is 81.4 Å². The van der Waals surface area contributed by atoms with Crippen molar-refractivity contribution in [3.05, 3.63) is 66.2 Å². The summed E-state index contributed by atoms with van der Waals surface area (Å²) in [6.07, 6.45) is 0.890. The van der Waals surface area contributed by atoms with Gasteiger partial charge in [0.2, 0.25) is 0 Å². The fourth-order valence-corrected chi connectivity index (χ4v) is 4.45. The summed E-state index contributed by atoms with van der Waals surface area (Å²) in [5.74, 6) is 0.333. The van der Waals surface area contributed by atoms with Gasteiger partial charge in [0.25, 0.3) is 0 Å². The summed E-state index contributed by atoms with van der Waals surface area (Å²) >= 11 is 0. The van der Waals surface area contributed by atoms with Crippen LogP contribution in [0.2, 0.25) is 0 Å². The van der Waals surface area contributed by atoms with Crippen LogP contribution in [0.3, 0.4) is 0 Å². The van der Waals surface area contributed by atoms with Crippen LogP contribution in [-0.2, 0) is 4.74 Å². The van der Waals surface area contributed by atoms with Crippen molar-refractivity contribution in [1.82, 2.24) is 20.1 Å². The number of pyridine rings is 1. The third-order valence-electron chi connectivity index (χ3n) is 6.27. The van der Waals surface area contributed by atoms with E-state index in [1.54, 1.807) is 4.68 Å². The Morgan fingerprint density at radius 2 is 1.83 bits per heavy atom. The second-order valence-electron chi connectivity index (χ2n) is 10.1. The second kappa shape index (κ2) is 9.00. The third kappa shape index (κ3) is 4.60. The van der Waals surface area contributed by atoms with Crippen LogP contribution in [0.1, 0.15) is 45.2 Å².